The summed E-state index contributed by atoms with van der Waals surface area (Å²) in [6.07, 6.45) is 0.370. The number of carbonyl (C=O) groups is 1. The van der Waals surface area contributed by atoms with Crippen molar-refractivity contribution < 1.29 is 14.3 Å². The van der Waals surface area contributed by atoms with Crippen LogP contribution in [0.1, 0.15) is 10.4 Å². The zero-order valence-electron chi connectivity index (χ0n) is 8.78. The first-order chi connectivity index (χ1) is 7.19. The molecule has 0 amide bonds. The Morgan fingerprint density at radius 2 is 2.40 bits per heavy atom. The largest absolute Gasteiger partial charge is 0.514 e. The van der Waals surface area contributed by atoms with Gasteiger partial charge in [0.25, 0.3) is 0 Å². The minimum atomic E-state index is -0.651. The van der Waals surface area contributed by atoms with Gasteiger partial charge in [-0.2, -0.15) is 0 Å². The molecule has 0 saturated carbocycles. The number of methoxy groups -OCH3 is 1. The van der Waals surface area contributed by atoms with Gasteiger partial charge in [-0.05, 0) is 25.1 Å². The van der Waals surface area contributed by atoms with E-state index in [4.69, 9.17) is 4.74 Å². The molecule has 15 heavy (non-hydrogen) atoms. The lowest BCUT2D eigenvalue weighted by molar-refractivity contribution is 0.123. The summed E-state index contributed by atoms with van der Waals surface area (Å²) < 4.78 is 9.43. The third-order valence-corrected chi connectivity index (χ3v) is 3.44. The molecular formula is C10H13NO3S. The summed E-state index contributed by atoms with van der Waals surface area (Å²) in [7, 11) is 3.40. The molecule has 0 aliphatic carbocycles. The Bertz CT molecular complexity index is 375. The minimum Gasteiger partial charge on any atom is -0.437 e. The van der Waals surface area contributed by atoms with E-state index in [-0.39, 0.29) is 0 Å². The highest BCUT2D eigenvalue weighted by Crippen LogP contribution is 2.33. The molecule has 0 N–H and O–H groups in total. The van der Waals surface area contributed by atoms with Crippen LogP contribution in [-0.4, -0.2) is 31.8 Å². The molecule has 4 nitrogen and oxygen atoms in total. The Kier molecular flexibility index (Phi) is 2.93. The summed E-state index contributed by atoms with van der Waals surface area (Å²) in [6, 6.07) is 1.93. The van der Waals surface area contributed by atoms with Crippen LogP contribution < -0.4 is 4.74 Å². The van der Waals surface area contributed by atoms with E-state index in [0.717, 1.165) is 19.5 Å². The molecule has 1 aromatic rings. The monoisotopic (exact) mass is 227 g/mol. The number of fused-ring (bicyclic) bond motifs is 1. The third kappa shape index (κ3) is 2.30. The number of hydrogen-bond donors (Lipinski definition) is 0. The summed E-state index contributed by atoms with van der Waals surface area (Å²) in [5, 5.41) is 0.627. The molecule has 0 radical (unpaired) electrons. The van der Waals surface area contributed by atoms with Gasteiger partial charge in [0.05, 0.1) is 7.11 Å². The zero-order valence-corrected chi connectivity index (χ0v) is 9.60. The first-order valence-electron chi connectivity index (χ1n) is 4.75. The molecular weight excluding hydrogens is 214 g/mol. The maximum absolute atomic E-state index is 10.9. The van der Waals surface area contributed by atoms with E-state index >= 15 is 0 Å². The molecule has 1 aromatic heterocycles. The van der Waals surface area contributed by atoms with Crippen LogP contribution in [0.25, 0.3) is 0 Å². The predicted octanol–water partition coefficient (Wildman–Crippen LogP) is 1.88. The number of nitrogens with zero attached hydrogens (tertiary/aromatic N) is 1. The van der Waals surface area contributed by atoms with Gasteiger partial charge in [-0.1, -0.05) is 0 Å². The van der Waals surface area contributed by atoms with Gasteiger partial charge in [-0.3, -0.25) is 0 Å². The van der Waals surface area contributed by atoms with Crippen LogP contribution in [0.4, 0.5) is 4.79 Å². The normalized spacial score (nSPS) is 15.9. The van der Waals surface area contributed by atoms with Crippen molar-refractivity contribution in [2.75, 3.05) is 20.7 Å². The molecule has 5 heteroatoms. The number of hydrogen-bond acceptors (Lipinski definition) is 5. The van der Waals surface area contributed by atoms with E-state index in [1.54, 1.807) is 0 Å². The summed E-state index contributed by atoms with van der Waals surface area (Å²) in [5.74, 6) is 0. The molecule has 0 saturated heterocycles. The van der Waals surface area contributed by atoms with E-state index in [0.29, 0.717) is 5.06 Å². The fraction of sp³-hybridized carbons (Fsp3) is 0.500. The van der Waals surface area contributed by atoms with E-state index in [9.17, 15) is 4.79 Å². The fourth-order valence-electron chi connectivity index (χ4n) is 1.59. The summed E-state index contributed by atoms with van der Waals surface area (Å²) >= 11 is 1.52. The van der Waals surface area contributed by atoms with Crippen LogP contribution in [0.15, 0.2) is 6.07 Å². The fourth-order valence-corrected chi connectivity index (χ4v) is 2.72. The SMILES string of the molecule is COC(=O)Oc1cc2c(s1)CN(C)CC2. The van der Waals surface area contributed by atoms with Crippen molar-refractivity contribution in [3.63, 3.8) is 0 Å². The molecule has 2 rings (SSSR count). The van der Waals surface area contributed by atoms with Gasteiger partial charge in [-0.15, -0.1) is 11.3 Å². The van der Waals surface area contributed by atoms with Crippen molar-refractivity contribution in [2.45, 2.75) is 13.0 Å². The Balaban J connectivity index is 2.12. The lowest BCUT2D eigenvalue weighted by atomic mass is 10.1. The van der Waals surface area contributed by atoms with Gasteiger partial charge in [0.2, 0.25) is 0 Å². The van der Waals surface area contributed by atoms with Crippen molar-refractivity contribution in [3.05, 3.63) is 16.5 Å². The first-order valence-corrected chi connectivity index (χ1v) is 5.56. The number of thiophene rings is 1. The van der Waals surface area contributed by atoms with Crippen molar-refractivity contribution in [1.29, 1.82) is 0 Å². The maximum atomic E-state index is 10.9. The molecule has 1 aliphatic heterocycles. The quantitative estimate of drug-likeness (QED) is 0.687. The average molecular weight is 227 g/mol. The highest BCUT2D eigenvalue weighted by molar-refractivity contribution is 7.14. The molecule has 0 spiro atoms. The van der Waals surface area contributed by atoms with Gasteiger partial charge in [0.1, 0.15) is 0 Å². The lowest BCUT2D eigenvalue weighted by Crippen LogP contribution is -2.24. The zero-order chi connectivity index (χ0) is 10.8. The average Bonchev–Trinajstić information content (AvgIpc) is 2.59. The van der Waals surface area contributed by atoms with Crippen LogP contribution in [0, 0.1) is 0 Å². The lowest BCUT2D eigenvalue weighted by Gasteiger charge is -2.21. The first kappa shape index (κ1) is 10.4. The molecule has 0 atom stereocenters. The highest BCUT2D eigenvalue weighted by atomic mass is 32.1. The standard InChI is InChI=1S/C10H13NO3S/c1-11-4-3-7-5-9(14-10(12)13-2)15-8(7)6-11/h5H,3-4,6H2,1-2H3. The van der Waals surface area contributed by atoms with Crippen molar-refractivity contribution in [3.8, 4) is 5.06 Å². The number of carbonyl (C=O) groups excluding carboxylic acids is 1. The number of likely N-dealkylation sites (N-methyl/N-ethyl adjacent to an activating group) is 1. The van der Waals surface area contributed by atoms with E-state index in [1.165, 1.54) is 28.9 Å². The topological polar surface area (TPSA) is 38.8 Å². The molecule has 0 bridgehead atoms. The molecule has 1 aliphatic rings. The Morgan fingerprint density at radius 3 is 3.13 bits per heavy atom. The number of rotatable bonds is 1. The van der Waals surface area contributed by atoms with Crippen LogP contribution in [0.2, 0.25) is 0 Å². The number of ether oxygens (including phenoxy) is 2. The van der Waals surface area contributed by atoms with Crippen LogP contribution >= 0.6 is 11.3 Å². The second-order valence-corrected chi connectivity index (χ2v) is 4.66. The summed E-state index contributed by atoms with van der Waals surface area (Å²) in [5.41, 5.74) is 1.29. The van der Waals surface area contributed by atoms with Crippen molar-refractivity contribution >= 4 is 17.5 Å². The molecule has 0 unspecified atom stereocenters. The maximum Gasteiger partial charge on any atom is 0.514 e. The third-order valence-electron chi connectivity index (χ3n) is 2.40. The van der Waals surface area contributed by atoms with Crippen LogP contribution in [0.3, 0.4) is 0 Å². The second kappa shape index (κ2) is 4.20. The van der Waals surface area contributed by atoms with Gasteiger partial charge in [0, 0.05) is 18.0 Å². The van der Waals surface area contributed by atoms with Gasteiger partial charge in [-0.25, -0.2) is 4.79 Å². The van der Waals surface area contributed by atoms with Crippen LogP contribution in [-0.2, 0) is 17.7 Å². The Morgan fingerprint density at radius 1 is 1.60 bits per heavy atom. The molecule has 0 fully saturated rings. The second-order valence-electron chi connectivity index (χ2n) is 3.56. The molecule has 0 aromatic carbocycles. The van der Waals surface area contributed by atoms with Gasteiger partial charge < -0.3 is 14.4 Å². The Labute approximate surface area is 92.4 Å². The van der Waals surface area contributed by atoms with Crippen LogP contribution in [0.5, 0.6) is 5.06 Å². The molecule has 2 heterocycles. The minimum absolute atomic E-state index is 0.627. The smallest absolute Gasteiger partial charge is 0.437 e. The van der Waals surface area contributed by atoms with Gasteiger partial charge >= 0.3 is 6.16 Å². The predicted molar refractivity (Wildman–Crippen MR) is 57.4 cm³/mol. The van der Waals surface area contributed by atoms with Crippen molar-refractivity contribution in [1.82, 2.24) is 4.90 Å². The van der Waals surface area contributed by atoms with E-state index in [2.05, 4.69) is 16.7 Å². The van der Waals surface area contributed by atoms with Crippen molar-refractivity contribution in [2.24, 2.45) is 0 Å². The van der Waals surface area contributed by atoms with E-state index in [1.807, 2.05) is 6.07 Å². The van der Waals surface area contributed by atoms with Gasteiger partial charge in [0.15, 0.2) is 5.06 Å². The summed E-state index contributed by atoms with van der Waals surface area (Å²) in [4.78, 5) is 14.4. The summed E-state index contributed by atoms with van der Waals surface area (Å²) in [6.45, 7) is 1.99. The highest BCUT2D eigenvalue weighted by Gasteiger charge is 2.18. The van der Waals surface area contributed by atoms with E-state index < -0.39 is 6.16 Å². The Hall–Kier alpha value is -1.07. The molecule has 82 valence electrons.